The highest BCUT2D eigenvalue weighted by atomic mass is 15.2. The van der Waals surface area contributed by atoms with Crippen molar-refractivity contribution < 1.29 is 4.57 Å². The van der Waals surface area contributed by atoms with Crippen LogP contribution in [0.1, 0.15) is 12.7 Å². The van der Waals surface area contributed by atoms with Gasteiger partial charge >= 0.3 is 0 Å². The number of nitrogens with one attached hydrogen (secondary N) is 1. The number of aromatic amines is 1. The lowest BCUT2D eigenvalue weighted by Gasteiger charge is -1.85. The number of hydrogen-bond donors (Lipinski definition) is 1. The van der Waals surface area contributed by atoms with Gasteiger partial charge in [-0.2, -0.15) is 0 Å². The van der Waals surface area contributed by atoms with Crippen molar-refractivity contribution in [2.75, 3.05) is 0 Å². The summed E-state index contributed by atoms with van der Waals surface area (Å²) in [5, 5.41) is 6.66. The van der Waals surface area contributed by atoms with Gasteiger partial charge in [0.05, 0.1) is 6.54 Å². The van der Waals surface area contributed by atoms with Crippen LogP contribution >= 0.6 is 0 Å². The smallest absolute Gasteiger partial charge is 0.235 e. The van der Waals surface area contributed by atoms with E-state index in [2.05, 4.69) is 17.1 Å². The molecule has 0 radical (unpaired) electrons. The molecule has 1 aromatic rings. The zero-order valence-corrected chi connectivity index (χ0v) is 5.18. The van der Waals surface area contributed by atoms with Gasteiger partial charge in [0.2, 0.25) is 5.82 Å². The van der Waals surface area contributed by atoms with Crippen molar-refractivity contribution in [3.05, 3.63) is 12.2 Å². The number of aryl methyl sites for hydroxylation is 2. The Labute approximate surface area is 48.4 Å². The number of nitrogens with zero attached hydrogens (tertiary/aromatic N) is 2. The molecule has 8 heavy (non-hydrogen) atoms. The van der Waals surface area contributed by atoms with E-state index in [1.54, 1.807) is 6.33 Å². The van der Waals surface area contributed by atoms with Crippen LogP contribution in [0, 0.1) is 6.92 Å². The van der Waals surface area contributed by atoms with Crippen molar-refractivity contribution in [1.29, 1.82) is 0 Å². The number of aromatic nitrogens is 3. The lowest BCUT2D eigenvalue weighted by atomic mass is 10.6. The molecule has 0 aliphatic rings. The van der Waals surface area contributed by atoms with Gasteiger partial charge < -0.3 is 0 Å². The predicted octanol–water partition coefficient (Wildman–Crippen LogP) is 0.0255. The van der Waals surface area contributed by atoms with Crippen LogP contribution in [0.4, 0.5) is 0 Å². The van der Waals surface area contributed by atoms with Crippen LogP contribution in [0.25, 0.3) is 0 Å². The van der Waals surface area contributed by atoms with Crippen molar-refractivity contribution in [1.82, 2.24) is 10.2 Å². The molecule has 0 fully saturated rings. The number of rotatable bonds is 1. The Morgan fingerprint density at radius 2 is 2.62 bits per heavy atom. The lowest BCUT2D eigenvalue weighted by Crippen LogP contribution is -2.32. The van der Waals surface area contributed by atoms with Crippen LogP contribution in [0.5, 0.6) is 0 Å². The SMILES string of the molecule is CC[n+]1cn[nH]c1C. The minimum Gasteiger partial charge on any atom is -0.235 e. The van der Waals surface area contributed by atoms with Gasteiger partial charge in [-0.05, 0) is 6.92 Å². The molecule has 0 unspecified atom stereocenters. The van der Waals surface area contributed by atoms with E-state index in [0.29, 0.717) is 0 Å². The van der Waals surface area contributed by atoms with Crippen LogP contribution in [0.15, 0.2) is 6.33 Å². The van der Waals surface area contributed by atoms with Crippen LogP contribution < -0.4 is 4.57 Å². The van der Waals surface area contributed by atoms with Gasteiger partial charge in [-0.3, -0.25) is 0 Å². The molecule has 0 aliphatic carbocycles. The normalized spacial score (nSPS) is 9.75. The van der Waals surface area contributed by atoms with Crippen molar-refractivity contribution in [2.24, 2.45) is 0 Å². The molecule has 3 nitrogen and oxygen atoms in total. The standard InChI is InChI=1S/C5H9N3/c1-3-8-4-6-7-5(8)2/h4H,3H2,1-2H3/p+1. The van der Waals surface area contributed by atoms with E-state index in [4.69, 9.17) is 0 Å². The topological polar surface area (TPSA) is 32.6 Å². The molecule has 0 aromatic carbocycles. The summed E-state index contributed by atoms with van der Waals surface area (Å²) < 4.78 is 2.04. The van der Waals surface area contributed by atoms with Crippen molar-refractivity contribution in [3.8, 4) is 0 Å². The third kappa shape index (κ3) is 0.710. The highest BCUT2D eigenvalue weighted by Crippen LogP contribution is 1.74. The Morgan fingerprint density at radius 3 is 2.88 bits per heavy atom. The Bertz CT molecular complexity index is 168. The molecular weight excluding hydrogens is 102 g/mol. The summed E-state index contributed by atoms with van der Waals surface area (Å²) in [5.74, 6) is 1.10. The Morgan fingerprint density at radius 1 is 1.88 bits per heavy atom. The Kier molecular flexibility index (Phi) is 1.28. The van der Waals surface area contributed by atoms with Crippen molar-refractivity contribution in [3.63, 3.8) is 0 Å². The van der Waals surface area contributed by atoms with Gasteiger partial charge in [0.1, 0.15) is 0 Å². The largest absolute Gasteiger partial charge is 0.265 e. The summed E-state index contributed by atoms with van der Waals surface area (Å²) >= 11 is 0. The summed E-state index contributed by atoms with van der Waals surface area (Å²) in [6, 6.07) is 0. The maximum atomic E-state index is 3.83. The quantitative estimate of drug-likeness (QED) is 0.510. The molecule has 44 valence electrons. The second-order valence-corrected chi connectivity index (χ2v) is 1.73. The van der Waals surface area contributed by atoms with Gasteiger partial charge in [-0.15, -0.1) is 5.10 Å². The summed E-state index contributed by atoms with van der Waals surface area (Å²) in [4.78, 5) is 0. The lowest BCUT2D eigenvalue weighted by molar-refractivity contribution is -0.699. The van der Waals surface area contributed by atoms with Gasteiger partial charge in [-0.25, -0.2) is 4.57 Å². The van der Waals surface area contributed by atoms with E-state index in [-0.39, 0.29) is 0 Å². The monoisotopic (exact) mass is 112 g/mol. The maximum Gasteiger partial charge on any atom is 0.265 e. The van der Waals surface area contributed by atoms with E-state index >= 15 is 0 Å². The summed E-state index contributed by atoms with van der Waals surface area (Å²) in [5.41, 5.74) is 0. The third-order valence-electron chi connectivity index (χ3n) is 1.19. The second-order valence-electron chi connectivity index (χ2n) is 1.73. The van der Waals surface area contributed by atoms with Gasteiger partial charge in [0, 0.05) is 12.0 Å². The first-order chi connectivity index (χ1) is 3.84. The summed E-state index contributed by atoms with van der Waals surface area (Å²) in [7, 11) is 0. The van der Waals surface area contributed by atoms with E-state index in [1.807, 2.05) is 11.5 Å². The molecule has 3 heteroatoms. The number of H-pyrrole nitrogens is 1. The zero-order valence-electron chi connectivity index (χ0n) is 5.18. The first-order valence-electron chi connectivity index (χ1n) is 2.74. The molecular formula is C5H10N3+. The highest BCUT2D eigenvalue weighted by molar-refractivity contribution is 4.58. The van der Waals surface area contributed by atoms with Crippen LogP contribution in [-0.2, 0) is 6.54 Å². The highest BCUT2D eigenvalue weighted by Gasteiger charge is 1.98. The van der Waals surface area contributed by atoms with E-state index < -0.39 is 0 Å². The van der Waals surface area contributed by atoms with Crippen molar-refractivity contribution in [2.45, 2.75) is 20.4 Å². The molecule has 1 aromatic heterocycles. The summed E-state index contributed by atoms with van der Waals surface area (Å²) in [6.07, 6.45) is 1.79. The minimum atomic E-state index is 0.988. The molecule has 0 saturated carbocycles. The molecule has 0 amide bonds. The molecule has 0 aliphatic heterocycles. The van der Waals surface area contributed by atoms with Crippen molar-refractivity contribution >= 4 is 0 Å². The first kappa shape index (κ1) is 5.28. The molecule has 1 heterocycles. The molecule has 1 rings (SSSR count). The van der Waals surface area contributed by atoms with Crippen LogP contribution in [0.2, 0.25) is 0 Å². The molecule has 0 spiro atoms. The van der Waals surface area contributed by atoms with Gasteiger partial charge in [0.15, 0.2) is 0 Å². The fraction of sp³-hybridized carbons (Fsp3) is 0.600. The maximum absolute atomic E-state index is 3.83. The predicted molar refractivity (Wildman–Crippen MR) is 29.2 cm³/mol. The minimum absolute atomic E-state index is 0.988. The Balaban J connectivity index is 2.92. The average Bonchev–Trinajstić information content (AvgIpc) is 2.14. The molecule has 0 bridgehead atoms. The first-order valence-corrected chi connectivity index (χ1v) is 2.74. The van der Waals surface area contributed by atoms with Gasteiger partial charge in [-0.1, -0.05) is 0 Å². The second kappa shape index (κ2) is 1.94. The Hall–Kier alpha value is -0.860. The zero-order chi connectivity index (χ0) is 5.98. The fourth-order valence-electron chi connectivity index (χ4n) is 0.662. The summed E-state index contributed by atoms with van der Waals surface area (Å²) in [6.45, 7) is 5.07. The number of hydrogen-bond acceptors (Lipinski definition) is 1. The average molecular weight is 112 g/mol. The van der Waals surface area contributed by atoms with Crippen LogP contribution in [0.3, 0.4) is 0 Å². The van der Waals surface area contributed by atoms with E-state index in [0.717, 1.165) is 12.4 Å². The molecule has 0 atom stereocenters. The van der Waals surface area contributed by atoms with Crippen LogP contribution in [-0.4, -0.2) is 10.2 Å². The fourth-order valence-corrected chi connectivity index (χ4v) is 0.662. The third-order valence-corrected chi connectivity index (χ3v) is 1.19. The van der Waals surface area contributed by atoms with Gasteiger partial charge in [0.25, 0.3) is 6.33 Å². The van der Waals surface area contributed by atoms with E-state index in [9.17, 15) is 0 Å². The molecule has 1 N–H and O–H groups in total. The van der Waals surface area contributed by atoms with E-state index in [1.165, 1.54) is 0 Å². The molecule has 0 saturated heterocycles.